The van der Waals surface area contributed by atoms with Crippen molar-refractivity contribution < 1.29 is 14.3 Å². The molecule has 1 aliphatic rings. The van der Waals surface area contributed by atoms with Crippen LogP contribution in [-0.2, 0) is 12.8 Å². The van der Waals surface area contributed by atoms with Crippen LogP contribution in [0.2, 0.25) is 0 Å². The van der Waals surface area contributed by atoms with Gasteiger partial charge in [0.15, 0.2) is 0 Å². The molecule has 0 spiro atoms. The van der Waals surface area contributed by atoms with Crippen molar-refractivity contribution in [2.45, 2.75) is 26.2 Å². The lowest BCUT2D eigenvalue weighted by Gasteiger charge is -2.28. The molecule has 1 aliphatic carbocycles. The van der Waals surface area contributed by atoms with Gasteiger partial charge in [0.05, 0.1) is 14.2 Å². The number of carbonyl (C=O) groups is 1. The summed E-state index contributed by atoms with van der Waals surface area (Å²) in [7, 11) is 3.30. The van der Waals surface area contributed by atoms with Crippen LogP contribution in [0, 0.1) is 12.8 Å². The van der Waals surface area contributed by atoms with E-state index in [4.69, 9.17) is 15.2 Å². The molecule has 1 unspecified atom stereocenters. The Balaban J connectivity index is 1.76. The third-order valence-electron chi connectivity index (χ3n) is 5.12. The molecule has 5 N–H and O–H groups in total. The summed E-state index contributed by atoms with van der Waals surface area (Å²) in [6.45, 7) is 2.37. The second kappa shape index (κ2) is 7.79. The average Bonchev–Trinajstić information content (AvgIpc) is 2.68. The smallest absolute Gasteiger partial charge is 0.326 e. The van der Waals surface area contributed by atoms with Crippen LogP contribution >= 0.6 is 0 Å². The fourth-order valence-electron chi connectivity index (χ4n) is 3.74. The largest absolute Gasteiger partial charge is 0.496 e. The van der Waals surface area contributed by atoms with Crippen LogP contribution in [0.5, 0.6) is 11.5 Å². The number of benzene rings is 1. The first-order valence-electron chi connectivity index (χ1n) is 8.99. The van der Waals surface area contributed by atoms with Crippen LogP contribution < -0.4 is 31.8 Å². The number of hydrogen-bond acceptors (Lipinski definition) is 6. The van der Waals surface area contributed by atoms with Crippen molar-refractivity contribution in [1.29, 1.82) is 0 Å². The molecule has 150 valence electrons. The van der Waals surface area contributed by atoms with Gasteiger partial charge in [0.2, 0.25) is 0 Å². The molecular weight excluding hydrogens is 364 g/mol. The number of amides is 1. The van der Waals surface area contributed by atoms with E-state index < -0.39 is 17.2 Å². The topological polar surface area (TPSA) is 139 Å². The third-order valence-corrected chi connectivity index (χ3v) is 5.12. The Hall–Kier alpha value is -3.23. The molecule has 0 aliphatic heterocycles. The van der Waals surface area contributed by atoms with Gasteiger partial charge in [-0.3, -0.25) is 14.6 Å². The summed E-state index contributed by atoms with van der Waals surface area (Å²) in [5.74, 6) is 1.28. The summed E-state index contributed by atoms with van der Waals surface area (Å²) >= 11 is 0. The van der Waals surface area contributed by atoms with Crippen molar-refractivity contribution in [2.75, 3.05) is 26.5 Å². The summed E-state index contributed by atoms with van der Waals surface area (Å²) in [6, 6.07) is 1.96. The lowest BCUT2D eigenvalue weighted by atomic mass is 9.82. The van der Waals surface area contributed by atoms with E-state index in [0.29, 0.717) is 6.54 Å². The highest BCUT2D eigenvalue weighted by Crippen LogP contribution is 2.40. The maximum atomic E-state index is 12.4. The zero-order valence-corrected chi connectivity index (χ0v) is 16.1. The molecule has 1 amide bonds. The molecule has 0 fully saturated rings. The highest BCUT2D eigenvalue weighted by atomic mass is 16.5. The molecule has 0 saturated carbocycles. The maximum absolute atomic E-state index is 12.4. The predicted octanol–water partition coefficient (Wildman–Crippen LogP) is 0.506. The molecule has 1 aromatic heterocycles. The van der Waals surface area contributed by atoms with Crippen molar-refractivity contribution in [3.8, 4) is 11.5 Å². The summed E-state index contributed by atoms with van der Waals surface area (Å²) in [6.07, 6.45) is 2.38. The Morgan fingerprint density at radius 1 is 1.25 bits per heavy atom. The average molecular weight is 388 g/mol. The van der Waals surface area contributed by atoms with Crippen molar-refractivity contribution >= 4 is 11.6 Å². The SMILES string of the molecule is COc1cc(C)c(OC)c2c1CC(CNC(=O)c1[nH]c(=O)[nH]c(=O)c1N)CC2. The number of carbonyl (C=O) groups excluding carboxylic acids is 1. The van der Waals surface area contributed by atoms with Gasteiger partial charge in [-0.05, 0) is 43.7 Å². The van der Waals surface area contributed by atoms with E-state index in [1.54, 1.807) is 14.2 Å². The third kappa shape index (κ3) is 3.60. The number of anilines is 1. The van der Waals surface area contributed by atoms with Gasteiger partial charge >= 0.3 is 5.69 Å². The van der Waals surface area contributed by atoms with E-state index >= 15 is 0 Å². The monoisotopic (exact) mass is 388 g/mol. The number of nitrogen functional groups attached to an aromatic ring is 1. The first-order chi connectivity index (χ1) is 13.3. The molecule has 3 rings (SSSR count). The number of aromatic amines is 2. The number of aromatic nitrogens is 2. The molecule has 0 radical (unpaired) electrons. The fourth-order valence-corrected chi connectivity index (χ4v) is 3.74. The fraction of sp³-hybridized carbons (Fsp3) is 0.421. The summed E-state index contributed by atoms with van der Waals surface area (Å²) in [5, 5.41) is 2.76. The van der Waals surface area contributed by atoms with Gasteiger partial charge in [-0.15, -0.1) is 0 Å². The number of methoxy groups -OCH3 is 2. The van der Waals surface area contributed by atoms with E-state index in [-0.39, 0.29) is 17.3 Å². The first-order valence-corrected chi connectivity index (χ1v) is 8.99. The molecule has 9 heteroatoms. The van der Waals surface area contributed by atoms with Crippen LogP contribution in [0.25, 0.3) is 0 Å². The number of hydrogen-bond donors (Lipinski definition) is 4. The molecule has 9 nitrogen and oxygen atoms in total. The van der Waals surface area contributed by atoms with Crippen LogP contribution in [0.4, 0.5) is 5.69 Å². The molecule has 0 bridgehead atoms. The van der Waals surface area contributed by atoms with E-state index in [9.17, 15) is 14.4 Å². The Bertz CT molecular complexity index is 1020. The lowest BCUT2D eigenvalue weighted by Crippen LogP contribution is -2.36. The van der Waals surface area contributed by atoms with E-state index in [0.717, 1.165) is 47.5 Å². The second-order valence-corrected chi connectivity index (χ2v) is 6.90. The number of rotatable bonds is 5. The number of nitrogens with one attached hydrogen (secondary N) is 3. The van der Waals surface area contributed by atoms with Crippen molar-refractivity contribution in [3.63, 3.8) is 0 Å². The molecule has 0 saturated heterocycles. The van der Waals surface area contributed by atoms with Crippen LogP contribution in [-0.4, -0.2) is 36.6 Å². The molecule has 1 atom stereocenters. The van der Waals surface area contributed by atoms with Crippen LogP contribution in [0.1, 0.15) is 33.6 Å². The molecule has 1 heterocycles. The Morgan fingerprint density at radius 2 is 2.00 bits per heavy atom. The highest BCUT2D eigenvalue weighted by Gasteiger charge is 2.26. The van der Waals surface area contributed by atoms with Gasteiger partial charge in [-0.25, -0.2) is 4.79 Å². The van der Waals surface area contributed by atoms with Crippen molar-refractivity contribution in [3.05, 3.63) is 49.3 Å². The summed E-state index contributed by atoms with van der Waals surface area (Å²) in [4.78, 5) is 39.6. The summed E-state index contributed by atoms with van der Waals surface area (Å²) in [5.41, 5.74) is 6.76. The van der Waals surface area contributed by atoms with Crippen molar-refractivity contribution in [1.82, 2.24) is 15.3 Å². The van der Waals surface area contributed by atoms with Gasteiger partial charge < -0.3 is 25.5 Å². The molecule has 1 aromatic carbocycles. The minimum absolute atomic E-state index is 0.174. The standard InChI is InChI=1S/C19H24N4O5/c1-9-6-13(27-2)12-7-10(4-5-11(12)16(9)28-3)8-21-18(25)15-14(20)17(24)23-19(26)22-15/h6,10H,4-5,7-8,20H2,1-3H3,(H,21,25)(H2,22,23,24,26). The minimum Gasteiger partial charge on any atom is -0.496 e. The number of H-pyrrole nitrogens is 2. The van der Waals surface area contributed by atoms with E-state index in [2.05, 4.69) is 10.3 Å². The quantitative estimate of drug-likeness (QED) is 0.588. The van der Waals surface area contributed by atoms with Gasteiger partial charge in [0.1, 0.15) is 22.9 Å². The maximum Gasteiger partial charge on any atom is 0.326 e. The normalized spacial score (nSPS) is 15.6. The Kier molecular flexibility index (Phi) is 5.43. The number of aryl methyl sites for hydroxylation is 1. The van der Waals surface area contributed by atoms with Gasteiger partial charge in [-0.1, -0.05) is 0 Å². The van der Waals surface area contributed by atoms with Gasteiger partial charge in [-0.2, -0.15) is 0 Å². The molecule has 28 heavy (non-hydrogen) atoms. The van der Waals surface area contributed by atoms with Crippen LogP contribution in [0.15, 0.2) is 15.7 Å². The molecular formula is C19H24N4O5. The zero-order chi connectivity index (χ0) is 20.4. The summed E-state index contributed by atoms with van der Waals surface area (Å²) < 4.78 is 11.1. The van der Waals surface area contributed by atoms with Gasteiger partial charge in [0, 0.05) is 17.7 Å². The minimum atomic E-state index is -0.785. The number of fused-ring (bicyclic) bond motifs is 1. The second-order valence-electron chi connectivity index (χ2n) is 6.90. The lowest BCUT2D eigenvalue weighted by molar-refractivity contribution is 0.0941. The zero-order valence-electron chi connectivity index (χ0n) is 16.1. The Morgan fingerprint density at radius 3 is 2.68 bits per heavy atom. The predicted molar refractivity (Wildman–Crippen MR) is 104 cm³/mol. The Labute approximate surface area is 161 Å². The van der Waals surface area contributed by atoms with E-state index in [1.807, 2.05) is 18.0 Å². The number of ether oxygens (including phenoxy) is 2. The van der Waals surface area contributed by atoms with Crippen molar-refractivity contribution in [2.24, 2.45) is 5.92 Å². The first kappa shape index (κ1) is 19.5. The van der Waals surface area contributed by atoms with Gasteiger partial charge in [0.25, 0.3) is 11.5 Å². The highest BCUT2D eigenvalue weighted by molar-refractivity contribution is 5.96. The van der Waals surface area contributed by atoms with Crippen LogP contribution in [0.3, 0.4) is 0 Å². The van der Waals surface area contributed by atoms with E-state index in [1.165, 1.54) is 0 Å². The molecule has 2 aromatic rings. The number of nitrogens with two attached hydrogens (primary N) is 1.